The molecule has 0 aromatic rings. The van der Waals surface area contributed by atoms with Crippen molar-refractivity contribution in [3.8, 4) is 0 Å². The number of carbonyl (C=O) groups excluding carboxylic acids is 4. The first-order valence-corrected chi connectivity index (χ1v) is 13.5. The Labute approximate surface area is 245 Å². The van der Waals surface area contributed by atoms with E-state index in [1.807, 2.05) is 0 Å². The SMILES string of the molecule is COC1=C2C[C@@H](C)C[C@H](OC)[C@H](O)[C@@H](C)/C=C(/C)[C@H](OC(N)=O)[C@@H](OC)C[C@@H](O)/C=C(/C)C(=O)NC(=C2O)C(=O)C1=O. The zero-order valence-corrected chi connectivity index (χ0v) is 25.0. The molecule has 42 heavy (non-hydrogen) atoms. The fourth-order valence-corrected chi connectivity index (χ4v) is 5.20. The Morgan fingerprint density at radius 3 is 2.14 bits per heavy atom. The zero-order chi connectivity index (χ0) is 31.9. The first-order valence-electron chi connectivity index (χ1n) is 13.5. The van der Waals surface area contributed by atoms with Crippen LogP contribution in [-0.2, 0) is 33.3 Å². The van der Waals surface area contributed by atoms with E-state index < -0.39 is 71.5 Å². The van der Waals surface area contributed by atoms with E-state index in [9.17, 15) is 34.5 Å². The molecule has 6 N–H and O–H groups in total. The van der Waals surface area contributed by atoms with Crippen LogP contribution in [-0.4, -0.2) is 90.7 Å². The van der Waals surface area contributed by atoms with Gasteiger partial charge in [0.15, 0.2) is 11.9 Å². The van der Waals surface area contributed by atoms with Gasteiger partial charge in [-0.25, -0.2) is 4.79 Å². The predicted molar refractivity (Wildman–Crippen MR) is 150 cm³/mol. The number of nitrogens with two attached hydrogens (primary N) is 1. The summed E-state index contributed by atoms with van der Waals surface area (Å²) in [6.07, 6.45) is -3.02. The van der Waals surface area contributed by atoms with Crippen LogP contribution in [0.2, 0.25) is 0 Å². The van der Waals surface area contributed by atoms with Gasteiger partial charge in [0.05, 0.1) is 25.4 Å². The highest BCUT2D eigenvalue weighted by molar-refractivity contribution is 6.50. The normalized spacial score (nSPS) is 33.4. The summed E-state index contributed by atoms with van der Waals surface area (Å²) in [7, 11) is 3.98. The maximum atomic E-state index is 13.0. The molecule has 2 bridgehead atoms. The highest BCUT2D eigenvalue weighted by atomic mass is 16.6. The Morgan fingerprint density at radius 2 is 1.60 bits per heavy atom. The number of hydrogen-bond donors (Lipinski definition) is 5. The molecule has 2 rings (SSSR count). The molecule has 2 amide bonds. The van der Waals surface area contributed by atoms with Crippen molar-refractivity contribution in [1.82, 2.24) is 5.32 Å². The van der Waals surface area contributed by atoms with Gasteiger partial charge < -0.3 is 45.3 Å². The van der Waals surface area contributed by atoms with Crippen LogP contribution in [0, 0.1) is 11.8 Å². The van der Waals surface area contributed by atoms with Crippen LogP contribution in [0.1, 0.15) is 47.0 Å². The summed E-state index contributed by atoms with van der Waals surface area (Å²) in [6.45, 7) is 6.57. The van der Waals surface area contributed by atoms with E-state index in [1.54, 1.807) is 26.8 Å². The molecule has 0 aromatic heterocycles. The molecule has 0 unspecified atom stereocenters. The van der Waals surface area contributed by atoms with E-state index in [2.05, 4.69) is 5.32 Å². The fourth-order valence-electron chi connectivity index (χ4n) is 5.20. The first kappa shape index (κ1) is 34.7. The molecule has 0 fully saturated rings. The second-order valence-electron chi connectivity index (χ2n) is 10.7. The number of allylic oxidation sites excluding steroid dienone is 3. The standard InChI is InChI=1S/C29H42N2O11/c1-13-8-18-23(34)21(24(35)25(36)27(18)41-7)31-28(37)16(4)11-17(32)12-20(40-6)26(42-29(30)38)15(3)10-14(2)22(33)19(9-13)39-5/h10-11,13-14,17,19-20,22,26,32-34H,8-9,12H2,1-7H3,(H2,30,38)(H,31,37)/b15-10-,16-11-/t13-,14+,17+,19+,20+,22-,26+/m1/s1. The van der Waals surface area contributed by atoms with Gasteiger partial charge >= 0.3 is 6.09 Å². The number of ketones is 2. The number of carbonyl (C=O) groups is 4. The van der Waals surface area contributed by atoms with Crippen LogP contribution >= 0.6 is 0 Å². The molecule has 0 aromatic carbocycles. The number of amides is 2. The fraction of sp³-hybridized carbons (Fsp3) is 0.586. The van der Waals surface area contributed by atoms with Crippen LogP contribution in [0.15, 0.2) is 46.1 Å². The Bertz CT molecular complexity index is 1190. The molecule has 234 valence electrons. The lowest BCUT2D eigenvalue weighted by Crippen LogP contribution is -2.39. The largest absolute Gasteiger partial charge is 0.505 e. The van der Waals surface area contributed by atoms with Crippen molar-refractivity contribution in [1.29, 1.82) is 0 Å². The van der Waals surface area contributed by atoms with E-state index >= 15 is 0 Å². The Morgan fingerprint density at radius 1 is 0.976 bits per heavy atom. The van der Waals surface area contributed by atoms with Gasteiger partial charge in [-0.05, 0) is 44.3 Å². The molecule has 0 radical (unpaired) electrons. The van der Waals surface area contributed by atoms with E-state index in [-0.39, 0.29) is 42.1 Å². The van der Waals surface area contributed by atoms with E-state index in [4.69, 9.17) is 24.7 Å². The van der Waals surface area contributed by atoms with Crippen molar-refractivity contribution < 1.29 is 53.4 Å². The highest BCUT2D eigenvalue weighted by Gasteiger charge is 2.38. The van der Waals surface area contributed by atoms with E-state index in [1.165, 1.54) is 34.3 Å². The number of aliphatic hydroxyl groups excluding tert-OH is 3. The number of aliphatic hydroxyl groups is 3. The van der Waals surface area contributed by atoms with Crippen LogP contribution in [0.3, 0.4) is 0 Å². The second kappa shape index (κ2) is 15.1. The molecular formula is C29H42N2O11. The molecule has 1 aliphatic heterocycles. The summed E-state index contributed by atoms with van der Waals surface area (Å²) in [6, 6.07) is 0. The highest BCUT2D eigenvalue weighted by Crippen LogP contribution is 2.32. The van der Waals surface area contributed by atoms with Gasteiger partial charge in [0.1, 0.15) is 17.6 Å². The minimum Gasteiger partial charge on any atom is -0.505 e. The van der Waals surface area contributed by atoms with E-state index in [0.717, 1.165) is 0 Å². The molecule has 0 saturated carbocycles. The predicted octanol–water partition coefficient (Wildman–Crippen LogP) is 1.49. The van der Waals surface area contributed by atoms with Crippen LogP contribution in [0.5, 0.6) is 0 Å². The molecule has 0 saturated heterocycles. The molecular weight excluding hydrogens is 552 g/mol. The number of nitrogens with one attached hydrogen (secondary N) is 1. The van der Waals surface area contributed by atoms with Crippen molar-refractivity contribution in [2.45, 2.75) is 77.5 Å². The number of Topliss-reactive ketones (excluding diaryl/α,β-unsaturated/α-hetero) is 2. The monoisotopic (exact) mass is 594 g/mol. The van der Waals surface area contributed by atoms with Gasteiger partial charge in [0.25, 0.3) is 17.5 Å². The summed E-state index contributed by atoms with van der Waals surface area (Å²) in [5, 5.41) is 35.2. The van der Waals surface area contributed by atoms with Gasteiger partial charge in [0.2, 0.25) is 0 Å². The lowest BCUT2D eigenvalue weighted by atomic mass is 9.85. The van der Waals surface area contributed by atoms with Crippen LogP contribution in [0.25, 0.3) is 0 Å². The summed E-state index contributed by atoms with van der Waals surface area (Å²) >= 11 is 0. The number of primary amides is 1. The quantitative estimate of drug-likeness (QED) is 0.179. The minimum atomic E-state index is -1.29. The molecule has 2 aliphatic rings. The zero-order valence-electron chi connectivity index (χ0n) is 25.0. The van der Waals surface area contributed by atoms with Crippen LogP contribution < -0.4 is 11.1 Å². The van der Waals surface area contributed by atoms with Gasteiger partial charge in [-0.1, -0.05) is 19.9 Å². The molecule has 1 aliphatic carbocycles. The Kier molecular flexibility index (Phi) is 12.5. The first-order chi connectivity index (χ1) is 19.7. The topological polar surface area (TPSA) is 204 Å². The summed E-state index contributed by atoms with van der Waals surface area (Å²) < 4.78 is 21.6. The Balaban J connectivity index is 2.67. The number of fused-ring (bicyclic) bond motifs is 1. The van der Waals surface area contributed by atoms with Crippen molar-refractivity contribution >= 4 is 23.6 Å². The smallest absolute Gasteiger partial charge is 0.405 e. The summed E-state index contributed by atoms with van der Waals surface area (Å²) in [5.41, 5.74) is 5.17. The number of hydrogen-bond acceptors (Lipinski definition) is 11. The van der Waals surface area contributed by atoms with E-state index in [0.29, 0.717) is 5.57 Å². The van der Waals surface area contributed by atoms with Gasteiger partial charge in [-0.2, -0.15) is 0 Å². The molecule has 0 spiro atoms. The minimum absolute atomic E-state index is 0.0204. The van der Waals surface area contributed by atoms with Gasteiger partial charge in [0, 0.05) is 37.7 Å². The summed E-state index contributed by atoms with van der Waals surface area (Å²) in [4.78, 5) is 50.3. The molecule has 7 atom stereocenters. The number of ether oxygens (including phenoxy) is 4. The third-order valence-corrected chi connectivity index (χ3v) is 7.42. The summed E-state index contributed by atoms with van der Waals surface area (Å²) in [5.74, 6) is -4.85. The Hall–Kier alpha value is -3.52. The maximum absolute atomic E-state index is 13.0. The third-order valence-electron chi connectivity index (χ3n) is 7.42. The molecule has 13 nitrogen and oxygen atoms in total. The molecule has 13 heteroatoms. The third kappa shape index (κ3) is 8.28. The van der Waals surface area contributed by atoms with Crippen molar-refractivity contribution in [2.75, 3.05) is 21.3 Å². The number of rotatable bonds is 4. The average Bonchev–Trinajstić information content (AvgIpc) is 2.93. The van der Waals surface area contributed by atoms with Crippen molar-refractivity contribution in [3.63, 3.8) is 0 Å². The average molecular weight is 595 g/mol. The lowest BCUT2D eigenvalue weighted by molar-refractivity contribution is -0.135. The second-order valence-corrected chi connectivity index (χ2v) is 10.7. The molecule has 1 heterocycles. The maximum Gasteiger partial charge on any atom is 0.405 e. The lowest BCUT2D eigenvalue weighted by Gasteiger charge is -2.30. The van der Waals surface area contributed by atoms with Crippen molar-refractivity contribution in [2.24, 2.45) is 17.6 Å². The van der Waals surface area contributed by atoms with Gasteiger partial charge in [-0.3, -0.25) is 14.4 Å². The van der Waals surface area contributed by atoms with Gasteiger partial charge in [-0.15, -0.1) is 0 Å². The van der Waals surface area contributed by atoms with Crippen molar-refractivity contribution in [3.05, 3.63) is 46.1 Å². The van der Waals surface area contributed by atoms with Crippen LogP contribution in [0.4, 0.5) is 4.79 Å². The number of methoxy groups -OCH3 is 3.